The highest BCUT2D eigenvalue weighted by molar-refractivity contribution is 6.29. The molecule has 6 heteroatoms. The quantitative estimate of drug-likeness (QED) is 0.850. The number of hydrogen-bond acceptors (Lipinski definition) is 5. The van der Waals surface area contributed by atoms with Gasteiger partial charge in [0.25, 0.3) is 0 Å². The van der Waals surface area contributed by atoms with Gasteiger partial charge in [0.15, 0.2) is 0 Å². The van der Waals surface area contributed by atoms with Crippen LogP contribution in [-0.4, -0.2) is 29.6 Å². The largest absolute Gasteiger partial charge is 0.371 e. The van der Waals surface area contributed by atoms with Gasteiger partial charge in [0.1, 0.15) is 11.0 Å². The predicted octanol–water partition coefficient (Wildman–Crippen LogP) is 2.65. The molecule has 5 nitrogen and oxygen atoms in total. The van der Waals surface area contributed by atoms with Crippen LogP contribution < -0.4 is 16.0 Å². The molecular formula is C15H18ClN5. The molecule has 0 saturated carbocycles. The van der Waals surface area contributed by atoms with Crippen LogP contribution in [0.2, 0.25) is 5.15 Å². The number of benzene rings is 1. The number of nitrogens with one attached hydrogen (secondary N) is 1. The van der Waals surface area contributed by atoms with E-state index in [4.69, 9.17) is 17.3 Å². The van der Waals surface area contributed by atoms with Gasteiger partial charge < -0.3 is 16.0 Å². The van der Waals surface area contributed by atoms with E-state index in [-0.39, 0.29) is 5.95 Å². The highest BCUT2D eigenvalue weighted by Crippen LogP contribution is 2.24. The molecule has 3 N–H and O–H groups in total. The third kappa shape index (κ3) is 3.55. The summed E-state index contributed by atoms with van der Waals surface area (Å²) in [6.45, 7) is 2.99. The van der Waals surface area contributed by atoms with E-state index < -0.39 is 0 Å². The summed E-state index contributed by atoms with van der Waals surface area (Å²) in [6.07, 6.45) is 1.16. The molecule has 2 aromatic rings. The van der Waals surface area contributed by atoms with Crippen LogP contribution in [0.4, 0.5) is 17.5 Å². The van der Waals surface area contributed by atoms with E-state index in [9.17, 15) is 0 Å². The lowest BCUT2D eigenvalue weighted by Gasteiger charge is -2.18. The van der Waals surface area contributed by atoms with E-state index in [1.165, 1.54) is 5.69 Å². The molecule has 1 fully saturated rings. The van der Waals surface area contributed by atoms with Crippen molar-refractivity contribution in [1.29, 1.82) is 0 Å². The minimum absolute atomic E-state index is 0.197. The standard InChI is InChI=1S/C15H18ClN5/c16-13-8-14(20-15(17)19-13)18-9-11-6-7-21(10-11)12-4-2-1-3-5-12/h1-5,8,11H,6-7,9-10H2,(H3,17,18,19,20). The van der Waals surface area contributed by atoms with Crippen LogP contribution in [0, 0.1) is 5.92 Å². The molecule has 1 saturated heterocycles. The van der Waals surface area contributed by atoms with Crippen molar-refractivity contribution in [3.05, 3.63) is 41.6 Å². The molecule has 3 rings (SSSR count). The molecule has 0 spiro atoms. The van der Waals surface area contributed by atoms with E-state index in [2.05, 4.69) is 44.5 Å². The Kier molecular flexibility index (Phi) is 4.10. The zero-order chi connectivity index (χ0) is 14.7. The molecule has 2 heterocycles. The number of nitrogens with zero attached hydrogens (tertiary/aromatic N) is 3. The molecule has 0 amide bonds. The first kappa shape index (κ1) is 13.9. The first-order valence-corrected chi connectivity index (χ1v) is 7.42. The van der Waals surface area contributed by atoms with E-state index >= 15 is 0 Å². The summed E-state index contributed by atoms with van der Waals surface area (Å²) in [5.74, 6) is 1.47. The fourth-order valence-corrected chi connectivity index (χ4v) is 2.84. The first-order valence-electron chi connectivity index (χ1n) is 7.04. The van der Waals surface area contributed by atoms with Crippen molar-refractivity contribution >= 4 is 29.1 Å². The van der Waals surface area contributed by atoms with Crippen molar-refractivity contribution in [3.63, 3.8) is 0 Å². The lowest BCUT2D eigenvalue weighted by Crippen LogP contribution is -2.22. The number of nitrogen functional groups attached to an aromatic ring is 1. The topological polar surface area (TPSA) is 67.1 Å². The number of anilines is 3. The summed E-state index contributed by atoms with van der Waals surface area (Å²) in [4.78, 5) is 10.4. The minimum Gasteiger partial charge on any atom is -0.371 e. The molecule has 1 aliphatic rings. The Morgan fingerprint density at radius 3 is 2.86 bits per heavy atom. The maximum Gasteiger partial charge on any atom is 0.223 e. The van der Waals surface area contributed by atoms with Gasteiger partial charge >= 0.3 is 0 Å². The summed E-state index contributed by atoms with van der Waals surface area (Å²) in [5.41, 5.74) is 6.87. The van der Waals surface area contributed by atoms with Crippen LogP contribution >= 0.6 is 11.6 Å². The van der Waals surface area contributed by atoms with Gasteiger partial charge in [0, 0.05) is 31.4 Å². The van der Waals surface area contributed by atoms with Gasteiger partial charge in [0.2, 0.25) is 5.95 Å². The molecule has 21 heavy (non-hydrogen) atoms. The molecule has 1 aromatic carbocycles. The molecular weight excluding hydrogens is 286 g/mol. The zero-order valence-corrected chi connectivity index (χ0v) is 12.4. The fraction of sp³-hybridized carbons (Fsp3) is 0.333. The van der Waals surface area contributed by atoms with Crippen molar-refractivity contribution in [2.75, 3.05) is 35.6 Å². The second-order valence-electron chi connectivity index (χ2n) is 5.25. The number of hydrogen-bond donors (Lipinski definition) is 2. The summed E-state index contributed by atoms with van der Waals surface area (Å²) in [5, 5.41) is 3.66. The van der Waals surface area contributed by atoms with E-state index in [1.54, 1.807) is 6.07 Å². The third-order valence-corrected chi connectivity index (χ3v) is 3.88. The second kappa shape index (κ2) is 6.18. The van der Waals surface area contributed by atoms with E-state index in [0.717, 1.165) is 26.1 Å². The van der Waals surface area contributed by atoms with Crippen molar-refractivity contribution in [2.24, 2.45) is 5.92 Å². The van der Waals surface area contributed by atoms with Gasteiger partial charge in [-0.25, -0.2) is 4.98 Å². The monoisotopic (exact) mass is 303 g/mol. The number of aromatic nitrogens is 2. The molecule has 1 aliphatic heterocycles. The van der Waals surface area contributed by atoms with E-state index in [0.29, 0.717) is 16.9 Å². The van der Waals surface area contributed by atoms with Crippen LogP contribution in [0.5, 0.6) is 0 Å². The van der Waals surface area contributed by atoms with Crippen LogP contribution in [0.25, 0.3) is 0 Å². The highest BCUT2D eigenvalue weighted by Gasteiger charge is 2.22. The molecule has 0 bridgehead atoms. The van der Waals surface area contributed by atoms with Gasteiger partial charge in [-0.1, -0.05) is 29.8 Å². The van der Waals surface area contributed by atoms with E-state index in [1.807, 2.05) is 6.07 Å². The Morgan fingerprint density at radius 2 is 2.10 bits per heavy atom. The third-order valence-electron chi connectivity index (χ3n) is 3.69. The number of rotatable bonds is 4. The summed E-state index contributed by atoms with van der Waals surface area (Å²) < 4.78 is 0. The number of para-hydroxylation sites is 1. The van der Waals surface area contributed by atoms with Crippen molar-refractivity contribution in [1.82, 2.24) is 9.97 Å². The maximum absolute atomic E-state index is 5.87. The van der Waals surface area contributed by atoms with Gasteiger partial charge in [0.05, 0.1) is 0 Å². The Labute approximate surface area is 129 Å². The molecule has 1 unspecified atom stereocenters. The first-order chi connectivity index (χ1) is 10.2. The SMILES string of the molecule is Nc1nc(Cl)cc(NCC2CCN(c3ccccc3)C2)n1. The normalized spacial score (nSPS) is 18.0. The number of nitrogens with two attached hydrogens (primary N) is 1. The molecule has 1 aromatic heterocycles. The Hall–Kier alpha value is -2.01. The molecule has 0 aliphatic carbocycles. The van der Waals surface area contributed by atoms with Gasteiger partial charge in [-0.15, -0.1) is 0 Å². The van der Waals surface area contributed by atoms with Crippen LogP contribution in [0.3, 0.4) is 0 Å². The van der Waals surface area contributed by atoms with Crippen molar-refractivity contribution < 1.29 is 0 Å². The van der Waals surface area contributed by atoms with Crippen LogP contribution in [0.15, 0.2) is 36.4 Å². The summed E-state index contributed by atoms with van der Waals surface area (Å²) >= 11 is 5.87. The minimum atomic E-state index is 0.197. The Balaban J connectivity index is 1.55. The average Bonchev–Trinajstić information content (AvgIpc) is 2.94. The fourth-order valence-electron chi connectivity index (χ4n) is 2.65. The molecule has 0 radical (unpaired) electrons. The molecule has 1 atom stereocenters. The van der Waals surface area contributed by atoms with Crippen LogP contribution in [-0.2, 0) is 0 Å². The zero-order valence-electron chi connectivity index (χ0n) is 11.7. The summed E-state index contributed by atoms with van der Waals surface area (Å²) in [6, 6.07) is 12.2. The van der Waals surface area contributed by atoms with Crippen LogP contribution in [0.1, 0.15) is 6.42 Å². The lowest BCUT2D eigenvalue weighted by molar-refractivity contribution is 0.621. The predicted molar refractivity (Wildman–Crippen MR) is 86.7 cm³/mol. The van der Waals surface area contributed by atoms with Gasteiger partial charge in [-0.05, 0) is 24.5 Å². The van der Waals surface area contributed by atoms with Gasteiger partial charge in [-0.2, -0.15) is 4.98 Å². The Morgan fingerprint density at radius 1 is 1.29 bits per heavy atom. The van der Waals surface area contributed by atoms with Gasteiger partial charge in [-0.3, -0.25) is 0 Å². The van der Waals surface area contributed by atoms with Crippen molar-refractivity contribution in [2.45, 2.75) is 6.42 Å². The Bertz CT molecular complexity index is 584. The molecule has 110 valence electrons. The van der Waals surface area contributed by atoms with Crippen molar-refractivity contribution in [3.8, 4) is 0 Å². The highest BCUT2D eigenvalue weighted by atomic mass is 35.5. The average molecular weight is 304 g/mol. The summed E-state index contributed by atoms with van der Waals surface area (Å²) in [7, 11) is 0. The maximum atomic E-state index is 5.87. The lowest BCUT2D eigenvalue weighted by atomic mass is 10.1. The second-order valence-corrected chi connectivity index (χ2v) is 5.64. The number of halogens is 1. The smallest absolute Gasteiger partial charge is 0.223 e.